The lowest BCUT2D eigenvalue weighted by Crippen LogP contribution is -2.31. The van der Waals surface area contributed by atoms with Gasteiger partial charge in [-0.3, -0.25) is 4.79 Å². The lowest BCUT2D eigenvalue weighted by Gasteiger charge is -2.26. The summed E-state index contributed by atoms with van der Waals surface area (Å²) < 4.78 is 10.9. The normalized spacial score (nSPS) is 16.5. The van der Waals surface area contributed by atoms with Crippen LogP contribution in [0.4, 0.5) is 0 Å². The summed E-state index contributed by atoms with van der Waals surface area (Å²) >= 11 is 0. The minimum atomic E-state index is 0.0215. The van der Waals surface area contributed by atoms with E-state index in [9.17, 15) is 4.79 Å². The van der Waals surface area contributed by atoms with E-state index in [2.05, 4.69) is 9.97 Å². The largest absolute Gasteiger partial charge is 0.497 e. The van der Waals surface area contributed by atoms with Gasteiger partial charge in [0.05, 0.1) is 31.3 Å². The molecule has 3 aromatic rings. The molecule has 1 aliphatic heterocycles. The summed E-state index contributed by atoms with van der Waals surface area (Å²) in [7, 11) is 3.31. The third-order valence-corrected chi connectivity index (χ3v) is 5.38. The lowest BCUT2D eigenvalue weighted by atomic mass is 10.0. The molecule has 1 aliphatic rings. The van der Waals surface area contributed by atoms with Gasteiger partial charge in [-0.2, -0.15) is 0 Å². The first-order chi connectivity index (χ1) is 13.7. The maximum absolute atomic E-state index is 13.0. The highest BCUT2D eigenvalue weighted by molar-refractivity contribution is 5.78. The summed E-state index contributed by atoms with van der Waals surface area (Å²) in [5, 5.41) is 0. The van der Waals surface area contributed by atoms with Gasteiger partial charge in [-0.1, -0.05) is 12.1 Å². The maximum atomic E-state index is 13.0. The van der Waals surface area contributed by atoms with E-state index in [0.29, 0.717) is 12.8 Å². The number of rotatable bonds is 6. The zero-order valence-corrected chi connectivity index (χ0v) is 16.3. The summed E-state index contributed by atoms with van der Waals surface area (Å²) in [6, 6.07) is 13.7. The van der Waals surface area contributed by atoms with Gasteiger partial charge in [-0.05, 0) is 43.2 Å². The molecule has 146 valence electrons. The number of nitrogens with zero attached hydrogens (tertiary/aromatic N) is 2. The van der Waals surface area contributed by atoms with E-state index in [-0.39, 0.29) is 11.9 Å². The number of para-hydroxylation sites is 2. The first-order valence-electron chi connectivity index (χ1n) is 9.64. The van der Waals surface area contributed by atoms with Gasteiger partial charge in [0.1, 0.15) is 17.3 Å². The van der Waals surface area contributed by atoms with E-state index < -0.39 is 0 Å². The Balaban J connectivity index is 1.49. The molecule has 0 bridgehead atoms. The number of H-pyrrole nitrogens is 1. The Kier molecular flexibility index (Phi) is 5.19. The molecular formula is C22H25N3O3. The number of aromatic amines is 1. The second-order valence-electron chi connectivity index (χ2n) is 7.05. The van der Waals surface area contributed by atoms with Crippen molar-refractivity contribution in [2.24, 2.45) is 0 Å². The number of ether oxygens (including phenoxy) is 2. The third-order valence-electron chi connectivity index (χ3n) is 5.38. The molecular weight excluding hydrogens is 354 g/mol. The number of hydrogen-bond donors (Lipinski definition) is 1. The number of imidazole rings is 1. The number of carbonyl (C=O) groups excluding carboxylic acids is 1. The van der Waals surface area contributed by atoms with Crippen LogP contribution in [0.2, 0.25) is 0 Å². The number of benzene rings is 2. The first-order valence-corrected chi connectivity index (χ1v) is 9.64. The molecule has 1 saturated heterocycles. The zero-order valence-electron chi connectivity index (χ0n) is 16.3. The number of aryl methyl sites for hydroxylation is 1. The van der Waals surface area contributed by atoms with Crippen molar-refractivity contribution in [1.29, 1.82) is 0 Å². The van der Waals surface area contributed by atoms with E-state index >= 15 is 0 Å². The molecule has 1 amide bonds. The number of likely N-dealkylation sites (tertiary alicyclic amines) is 1. The van der Waals surface area contributed by atoms with Crippen molar-refractivity contribution >= 4 is 16.9 Å². The van der Waals surface area contributed by atoms with Crippen LogP contribution in [-0.2, 0) is 11.2 Å². The number of methoxy groups -OCH3 is 2. The maximum Gasteiger partial charge on any atom is 0.223 e. The number of fused-ring (bicyclic) bond motifs is 1. The van der Waals surface area contributed by atoms with Crippen molar-refractivity contribution in [3.8, 4) is 11.5 Å². The van der Waals surface area contributed by atoms with Crippen LogP contribution in [-0.4, -0.2) is 41.5 Å². The van der Waals surface area contributed by atoms with Crippen molar-refractivity contribution in [2.75, 3.05) is 20.8 Å². The Morgan fingerprint density at radius 3 is 2.86 bits per heavy atom. The van der Waals surface area contributed by atoms with Gasteiger partial charge in [0.25, 0.3) is 0 Å². The Hall–Kier alpha value is -3.02. The fraction of sp³-hybridized carbons (Fsp3) is 0.364. The number of carbonyl (C=O) groups is 1. The summed E-state index contributed by atoms with van der Waals surface area (Å²) in [6.45, 7) is 0.768. The van der Waals surface area contributed by atoms with Crippen molar-refractivity contribution < 1.29 is 14.3 Å². The Bertz CT molecular complexity index is 949. The number of aromatic nitrogens is 2. The monoisotopic (exact) mass is 379 g/mol. The molecule has 1 fully saturated rings. The average Bonchev–Trinajstić information content (AvgIpc) is 3.38. The average molecular weight is 379 g/mol. The summed E-state index contributed by atoms with van der Waals surface area (Å²) in [5.74, 6) is 2.57. The molecule has 0 saturated carbocycles. The van der Waals surface area contributed by atoms with E-state index in [0.717, 1.165) is 53.3 Å². The van der Waals surface area contributed by atoms with Crippen molar-refractivity contribution in [2.45, 2.75) is 31.7 Å². The second kappa shape index (κ2) is 7.92. The zero-order chi connectivity index (χ0) is 19.5. The minimum Gasteiger partial charge on any atom is -0.497 e. The van der Waals surface area contributed by atoms with Gasteiger partial charge in [-0.15, -0.1) is 0 Å². The van der Waals surface area contributed by atoms with E-state index in [1.165, 1.54) is 0 Å². The van der Waals surface area contributed by atoms with Crippen LogP contribution < -0.4 is 9.47 Å². The van der Waals surface area contributed by atoms with E-state index in [4.69, 9.17) is 9.47 Å². The molecule has 6 heteroatoms. The van der Waals surface area contributed by atoms with Crippen molar-refractivity contribution in [3.05, 3.63) is 53.9 Å². The number of hydrogen-bond acceptors (Lipinski definition) is 4. The van der Waals surface area contributed by atoms with E-state index in [1.807, 2.05) is 47.4 Å². The Morgan fingerprint density at radius 1 is 1.21 bits per heavy atom. The van der Waals surface area contributed by atoms with Gasteiger partial charge in [-0.25, -0.2) is 4.98 Å². The van der Waals surface area contributed by atoms with Crippen molar-refractivity contribution in [3.63, 3.8) is 0 Å². The topological polar surface area (TPSA) is 67.5 Å². The van der Waals surface area contributed by atoms with Crippen molar-refractivity contribution in [1.82, 2.24) is 14.9 Å². The summed E-state index contributed by atoms with van der Waals surface area (Å²) in [6.07, 6.45) is 2.95. The van der Waals surface area contributed by atoms with Crippen LogP contribution >= 0.6 is 0 Å². The Morgan fingerprint density at radius 2 is 2.07 bits per heavy atom. The molecule has 2 aromatic carbocycles. The predicted octanol–water partition coefficient (Wildman–Crippen LogP) is 3.88. The molecule has 0 radical (unpaired) electrons. The molecule has 0 aliphatic carbocycles. The van der Waals surface area contributed by atoms with Gasteiger partial charge in [0.15, 0.2) is 0 Å². The van der Waals surface area contributed by atoms with Crippen LogP contribution in [0.3, 0.4) is 0 Å². The molecule has 1 atom stereocenters. The fourth-order valence-corrected chi connectivity index (χ4v) is 3.98. The van der Waals surface area contributed by atoms with Crippen LogP contribution in [0.5, 0.6) is 11.5 Å². The highest BCUT2D eigenvalue weighted by Gasteiger charge is 2.32. The van der Waals surface area contributed by atoms with Crippen LogP contribution in [0.25, 0.3) is 11.0 Å². The minimum absolute atomic E-state index is 0.0215. The molecule has 6 nitrogen and oxygen atoms in total. The quantitative estimate of drug-likeness (QED) is 0.706. The lowest BCUT2D eigenvalue weighted by molar-refractivity contribution is -0.132. The fourth-order valence-electron chi connectivity index (χ4n) is 3.98. The van der Waals surface area contributed by atoms with Crippen LogP contribution in [0.1, 0.15) is 36.7 Å². The van der Waals surface area contributed by atoms with Gasteiger partial charge in [0.2, 0.25) is 5.91 Å². The molecule has 28 heavy (non-hydrogen) atoms. The van der Waals surface area contributed by atoms with E-state index in [1.54, 1.807) is 14.2 Å². The predicted molar refractivity (Wildman–Crippen MR) is 108 cm³/mol. The molecule has 1 aromatic heterocycles. The van der Waals surface area contributed by atoms with Gasteiger partial charge >= 0.3 is 0 Å². The smallest absolute Gasteiger partial charge is 0.223 e. The summed E-state index contributed by atoms with van der Waals surface area (Å²) in [5.41, 5.74) is 2.95. The third kappa shape index (κ3) is 3.54. The molecule has 0 spiro atoms. The van der Waals surface area contributed by atoms with Gasteiger partial charge < -0.3 is 19.4 Å². The van der Waals surface area contributed by atoms with Crippen LogP contribution in [0, 0.1) is 0 Å². The highest BCUT2D eigenvalue weighted by Crippen LogP contribution is 2.39. The SMILES string of the molecule is COc1ccc(OC)c(C2CCCN2C(=O)CCc2nc3ccccc3[nH]2)c1. The molecule has 1 unspecified atom stereocenters. The highest BCUT2D eigenvalue weighted by atomic mass is 16.5. The second-order valence-corrected chi connectivity index (χ2v) is 7.05. The summed E-state index contributed by atoms with van der Waals surface area (Å²) in [4.78, 5) is 22.8. The standard InChI is InChI=1S/C22H25N3O3/c1-27-15-9-10-20(28-2)16(14-15)19-8-5-13-25(19)22(26)12-11-21-23-17-6-3-4-7-18(17)24-21/h3-4,6-7,9-10,14,19H,5,8,11-13H2,1-2H3,(H,23,24). The molecule has 1 N–H and O–H groups in total. The molecule has 4 rings (SSSR count). The number of nitrogens with one attached hydrogen (secondary N) is 1. The Labute approximate surface area is 164 Å². The molecule has 2 heterocycles. The van der Waals surface area contributed by atoms with Crippen LogP contribution in [0.15, 0.2) is 42.5 Å². The first kappa shape index (κ1) is 18.3. The van der Waals surface area contributed by atoms with Gasteiger partial charge in [0, 0.05) is 24.9 Å². The number of amides is 1.